The van der Waals surface area contributed by atoms with Crippen LogP contribution in [0.1, 0.15) is 5.56 Å². The molecule has 0 bridgehead atoms. The van der Waals surface area contributed by atoms with Gasteiger partial charge in [-0.05, 0) is 16.7 Å². The fraction of sp³-hybridized carbons (Fsp3) is 0.143. The summed E-state index contributed by atoms with van der Waals surface area (Å²) >= 11 is 0. The molecule has 2 N–H and O–H groups in total. The molecule has 0 aromatic heterocycles. The van der Waals surface area contributed by atoms with Crippen LogP contribution in [0.3, 0.4) is 0 Å². The molecule has 0 heterocycles. The Morgan fingerprint density at radius 2 is 1.42 bits per heavy atom. The molecule has 0 unspecified atom stereocenters. The molecular weight excluding hydrogens is 301 g/mol. The van der Waals surface area contributed by atoms with E-state index < -0.39 is 0 Å². The van der Waals surface area contributed by atoms with Crippen molar-refractivity contribution in [3.8, 4) is 22.3 Å². The molecule has 2 nitrogen and oxygen atoms in total. The van der Waals surface area contributed by atoms with Crippen LogP contribution in [-0.4, -0.2) is 18.3 Å². The van der Waals surface area contributed by atoms with Gasteiger partial charge in [-0.25, -0.2) is 4.39 Å². The molecule has 3 heteroatoms. The van der Waals surface area contributed by atoms with Gasteiger partial charge in [-0.3, -0.25) is 0 Å². The van der Waals surface area contributed by atoms with Crippen molar-refractivity contribution in [3.05, 3.63) is 84.2 Å². The number of halogens is 1. The maximum absolute atomic E-state index is 15.2. The minimum Gasteiger partial charge on any atom is -0.395 e. The zero-order valence-corrected chi connectivity index (χ0v) is 13.4. The van der Waals surface area contributed by atoms with E-state index >= 15 is 4.39 Å². The van der Waals surface area contributed by atoms with Crippen LogP contribution in [-0.2, 0) is 6.54 Å². The first kappa shape index (κ1) is 16.4. The maximum atomic E-state index is 15.2. The van der Waals surface area contributed by atoms with Gasteiger partial charge in [0.15, 0.2) is 0 Å². The lowest BCUT2D eigenvalue weighted by molar-refractivity contribution is 0.291. The zero-order chi connectivity index (χ0) is 16.8. The van der Waals surface area contributed by atoms with Crippen LogP contribution < -0.4 is 5.32 Å². The van der Waals surface area contributed by atoms with Crippen molar-refractivity contribution < 1.29 is 9.50 Å². The Bertz CT molecular complexity index is 788. The van der Waals surface area contributed by atoms with Gasteiger partial charge in [0.25, 0.3) is 0 Å². The summed E-state index contributed by atoms with van der Waals surface area (Å²) in [5.41, 5.74) is 3.94. The van der Waals surface area contributed by atoms with Crippen molar-refractivity contribution >= 4 is 0 Å². The fourth-order valence-corrected chi connectivity index (χ4v) is 2.80. The third-order valence-corrected chi connectivity index (χ3v) is 3.97. The maximum Gasteiger partial charge on any atom is 0.136 e. The van der Waals surface area contributed by atoms with E-state index in [1.807, 2.05) is 72.8 Å². The lowest BCUT2D eigenvalue weighted by Crippen LogP contribution is -2.18. The summed E-state index contributed by atoms with van der Waals surface area (Å²) in [6, 6.07) is 23.2. The van der Waals surface area contributed by atoms with E-state index in [0.717, 1.165) is 16.7 Å². The highest BCUT2D eigenvalue weighted by Gasteiger charge is 2.16. The molecule has 122 valence electrons. The van der Waals surface area contributed by atoms with E-state index in [1.54, 1.807) is 0 Å². The van der Waals surface area contributed by atoms with E-state index in [4.69, 9.17) is 5.11 Å². The van der Waals surface area contributed by atoms with Crippen LogP contribution in [0.2, 0.25) is 0 Å². The van der Waals surface area contributed by atoms with Gasteiger partial charge >= 0.3 is 0 Å². The minimum atomic E-state index is -0.215. The van der Waals surface area contributed by atoms with Crippen LogP contribution in [0.15, 0.2) is 72.8 Å². The number of aliphatic hydroxyl groups is 1. The molecule has 3 rings (SSSR count). The van der Waals surface area contributed by atoms with Gasteiger partial charge in [-0.2, -0.15) is 0 Å². The lowest BCUT2D eigenvalue weighted by Gasteiger charge is -2.15. The summed E-state index contributed by atoms with van der Waals surface area (Å²) in [4.78, 5) is 0. The van der Waals surface area contributed by atoms with Crippen LogP contribution in [0.4, 0.5) is 4.39 Å². The molecule has 0 aliphatic rings. The van der Waals surface area contributed by atoms with Crippen molar-refractivity contribution in [3.63, 3.8) is 0 Å². The molecule has 0 saturated carbocycles. The molecule has 3 aromatic rings. The van der Waals surface area contributed by atoms with E-state index in [1.165, 1.54) is 0 Å². The number of nitrogens with one attached hydrogen (secondary N) is 1. The highest BCUT2D eigenvalue weighted by Crippen LogP contribution is 2.35. The van der Waals surface area contributed by atoms with Gasteiger partial charge in [0, 0.05) is 24.2 Å². The summed E-state index contributed by atoms with van der Waals surface area (Å²) in [6.07, 6.45) is 0. The molecule has 0 spiro atoms. The van der Waals surface area contributed by atoms with E-state index in [9.17, 15) is 0 Å². The van der Waals surface area contributed by atoms with Crippen molar-refractivity contribution in [2.75, 3.05) is 13.2 Å². The summed E-state index contributed by atoms with van der Waals surface area (Å²) in [5.74, 6) is -0.215. The van der Waals surface area contributed by atoms with Gasteiger partial charge in [-0.15, -0.1) is 0 Å². The molecule has 0 radical (unpaired) electrons. The highest BCUT2D eigenvalue weighted by atomic mass is 19.1. The lowest BCUT2D eigenvalue weighted by atomic mass is 9.92. The molecular formula is C21H20FNO. The number of benzene rings is 3. The smallest absolute Gasteiger partial charge is 0.136 e. The summed E-state index contributed by atoms with van der Waals surface area (Å²) in [5, 5.41) is 11.9. The predicted molar refractivity (Wildman–Crippen MR) is 96.1 cm³/mol. The van der Waals surface area contributed by atoms with Gasteiger partial charge in [0.1, 0.15) is 5.82 Å². The SMILES string of the molecule is OCCNCc1ccc(-c2ccccc2)c(-c2ccccc2)c1F. The van der Waals surface area contributed by atoms with Gasteiger partial charge in [-0.1, -0.05) is 72.8 Å². The first-order valence-corrected chi connectivity index (χ1v) is 8.05. The van der Waals surface area contributed by atoms with Crippen molar-refractivity contribution in [2.45, 2.75) is 6.54 Å². The zero-order valence-electron chi connectivity index (χ0n) is 13.4. The van der Waals surface area contributed by atoms with Crippen LogP contribution >= 0.6 is 0 Å². The summed E-state index contributed by atoms with van der Waals surface area (Å²) < 4.78 is 15.2. The second-order valence-electron chi connectivity index (χ2n) is 5.59. The van der Waals surface area contributed by atoms with Crippen molar-refractivity contribution in [1.29, 1.82) is 0 Å². The number of rotatable bonds is 6. The Kier molecular flexibility index (Phi) is 5.36. The highest BCUT2D eigenvalue weighted by molar-refractivity contribution is 5.84. The number of aliphatic hydroxyl groups excluding tert-OH is 1. The molecule has 24 heavy (non-hydrogen) atoms. The third kappa shape index (κ3) is 3.53. The molecule has 0 aliphatic heterocycles. The second-order valence-corrected chi connectivity index (χ2v) is 5.59. The molecule has 0 atom stereocenters. The minimum absolute atomic E-state index is 0.0370. The fourth-order valence-electron chi connectivity index (χ4n) is 2.80. The van der Waals surface area contributed by atoms with Gasteiger partial charge in [0.2, 0.25) is 0 Å². The summed E-state index contributed by atoms with van der Waals surface area (Å²) in [7, 11) is 0. The Labute approximate surface area is 141 Å². The molecule has 0 fully saturated rings. The second kappa shape index (κ2) is 7.86. The standard InChI is InChI=1S/C21H20FNO/c22-21-18(15-23-13-14-24)11-12-19(16-7-3-1-4-8-16)20(21)17-9-5-2-6-10-17/h1-12,23-24H,13-15H2. The normalized spacial score (nSPS) is 10.8. The molecule has 3 aromatic carbocycles. The average Bonchev–Trinajstić information content (AvgIpc) is 2.64. The molecule has 0 saturated heterocycles. The Morgan fingerprint density at radius 3 is 2.04 bits per heavy atom. The van der Waals surface area contributed by atoms with Gasteiger partial charge < -0.3 is 10.4 Å². The largest absolute Gasteiger partial charge is 0.395 e. The Balaban J connectivity index is 2.11. The van der Waals surface area contributed by atoms with E-state index in [2.05, 4.69) is 5.32 Å². The van der Waals surface area contributed by atoms with Crippen LogP contribution in [0.25, 0.3) is 22.3 Å². The van der Waals surface area contributed by atoms with E-state index in [0.29, 0.717) is 24.2 Å². The quantitative estimate of drug-likeness (QED) is 0.666. The number of hydrogen-bond donors (Lipinski definition) is 2. The monoisotopic (exact) mass is 321 g/mol. The van der Waals surface area contributed by atoms with Crippen molar-refractivity contribution in [2.24, 2.45) is 0 Å². The van der Waals surface area contributed by atoms with Crippen LogP contribution in [0.5, 0.6) is 0 Å². The third-order valence-electron chi connectivity index (χ3n) is 3.97. The average molecular weight is 321 g/mol. The molecule has 0 amide bonds. The first-order chi connectivity index (χ1) is 11.8. The first-order valence-electron chi connectivity index (χ1n) is 8.05. The van der Waals surface area contributed by atoms with E-state index in [-0.39, 0.29) is 12.4 Å². The summed E-state index contributed by atoms with van der Waals surface area (Å²) in [6.45, 7) is 0.872. The van der Waals surface area contributed by atoms with Gasteiger partial charge in [0.05, 0.1) is 6.61 Å². The van der Waals surface area contributed by atoms with Crippen molar-refractivity contribution in [1.82, 2.24) is 5.32 Å². The number of hydrogen-bond acceptors (Lipinski definition) is 2. The molecule has 0 aliphatic carbocycles. The Hall–Kier alpha value is -2.49. The Morgan fingerprint density at radius 1 is 0.792 bits per heavy atom. The van der Waals surface area contributed by atoms with Crippen LogP contribution in [0, 0.1) is 5.82 Å². The topological polar surface area (TPSA) is 32.3 Å². The predicted octanol–water partition coefficient (Wildman–Crippen LogP) is 4.24.